The molecule has 0 aliphatic heterocycles. The normalized spacial score (nSPS) is 15.7. The van der Waals surface area contributed by atoms with Gasteiger partial charge < -0.3 is 10.0 Å². The SMILES string of the molecule is CN(CC(O)C1CC1)C(=O)c1ccnc(-n2cncn2)c1. The van der Waals surface area contributed by atoms with Crippen LogP contribution in [0.15, 0.2) is 31.0 Å². The summed E-state index contributed by atoms with van der Waals surface area (Å²) in [5.74, 6) is 0.747. The fraction of sp³-hybridized carbons (Fsp3) is 0.429. The molecule has 0 radical (unpaired) electrons. The summed E-state index contributed by atoms with van der Waals surface area (Å²) in [6, 6.07) is 3.32. The second-order valence-electron chi connectivity index (χ2n) is 5.33. The summed E-state index contributed by atoms with van der Waals surface area (Å²) in [5, 5.41) is 13.9. The van der Waals surface area contributed by atoms with E-state index in [-0.39, 0.29) is 5.91 Å². The van der Waals surface area contributed by atoms with Crippen LogP contribution in [0.4, 0.5) is 0 Å². The number of nitrogens with zero attached hydrogens (tertiary/aromatic N) is 5. The predicted molar refractivity (Wildman–Crippen MR) is 74.8 cm³/mol. The van der Waals surface area contributed by atoms with E-state index >= 15 is 0 Å². The van der Waals surface area contributed by atoms with E-state index < -0.39 is 6.10 Å². The van der Waals surface area contributed by atoms with Crippen molar-refractivity contribution in [3.05, 3.63) is 36.5 Å². The van der Waals surface area contributed by atoms with Crippen molar-refractivity contribution < 1.29 is 9.90 Å². The molecule has 7 heteroatoms. The highest BCUT2D eigenvalue weighted by Gasteiger charge is 2.31. The van der Waals surface area contributed by atoms with E-state index in [1.807, 2.05) is 0 Å². The van der Waals surface area contributed by atoms with E-state index in [1.165, 1.54) is 17.3 Å². The lowest BCUT2D eigenvalue weighted by molar-refractivity contribution is 0.0645. The summed E-state index contributed by atoms with van der Waals surface area (Å²) < 4.78 is 1.50. The van der Waals surface area contributed by atoms with Crippen LogP contribution < -0.4 is 0 Å². The van der Waals surface area contributed by atoms with E-state index in [1.54, 1.807) is 30.3 Å². The van der Waals surface area contributed by atoms with Crippen LogP contribution in [-0.2, 0) is 0 Å². The van der Waals surface area contributed by atoms with E-state index in [4.69, 9.17) is 0 Å². The molecule has 110 valence electrons. The number of aliphatic hydroxyl groups excluding tert-OH is 1. The molecular weight excluding hydrogens is 270 g/mol. The minimum absolute atomic E-state index is 0.140. The standard InChI is InChI=1S/C14H17N5O2/c1-18(7-12(20)10-2-3-10)14(21)11-4-5-16-13(6-11)19-9-15-8-17-19/h4-6,8-10,12,20H,2-3,7H2,1H3. The second-order valence-corrected chi connectivity index (χ2v) is 5.33. The molecule has 0 bridgehead atoms. The Balaban J connectivity index is 1.73. The van der Waals surface area contributed by atoms with E-state index in [0.717, 1.165) is 12.8 Å². The van der Waals surface area contributed by atoms with Crippen LogP contribution in [0.25, 0.3) is 5.82 Å². The summed E-state index contributed by atoms with van der Waals surface area (Å²) in [5.41, 5.74) is 0.515. The fourth-order valence-corrected chi connectivity index (χ4v) is 2.22. The third-order valence-electron chi connectivity index (χ3n) is 3.62. The number of likely N-dealkylation sites (N-methyl/N-ethyl adjacent to an activating group) is 1. The molecule has 1 aliphatic rings. The van der Waals surface area contributed by atoms with Crippen molar-refractivity contribution in [2.24, 2.45) is 5.92 Å². The van der Waals surface area contributed by atoms with E-state index in [9.17, 15) is 9.90 Å². The molecule has 0 spiro atoms. The molecule has 0 aromatic carbocycles. The molecule has 1 aliphatic carbocycles. The highest BCUT2D eigenvalue weighted by molar-refractivity contribution is 5.94. The first kappa shape index (κ1) is 13.7. The smallest absolute Gasteiger partial charge is 0.253 e. The van der Waals surface area contributed by atoms with E-state index in [0.29, 0.717) is 23.8 Å². The van der Waals surface area contributed by atoms with Crippen LogP contribution in [0.3, 0.4) is 0 Å². The van der Waals surface area contributed by atoms with Gasteiger partial charge in [-0.2, -0.15) is 5.10 Å². The number of pyridine rings is 1. The Bertz CT molecular complexity index is 624. The number of rotatable bonds is 5. The summed E-state index contributed by atoms with van der Waals surface area (Å²) in [7, 11) is 1.70. The Morgan fingerprint density at radius 1 is 1.57 bits per heavy atom. The monoisotopic (exact) mass is 287 g/mol. The lowest BCUT2D eigenvalue weighted by atomic mass is 10.2. The lowest BCUT2D eigenvalue weighted by Gasteiger charge is -2.20. The van der Waals surface area contributed by atoms with Gasteiger partial charge in [0, 0.05) is 25.4 Å². The molecule has 0 saturated heterocycles. The molecule has 1 unspecified atom stereocenters. The molecule has 2 aromatic heterocycles. The van der Waals surface area contributed by atoms with Crippen molar-refractivity contribution in [2.45, 2.75) is 18.9 Å². The molecule has 1 amide bonds. The number of amides is 1. The average Bonchev–Trinajstić information content (AvgIpc) is 3.21. The van der Waals surface area contributed by atoms with Crippen LogP contribution in [0, 0.1) is 5.92 Å². The third-order valence-corrected chi connectivity index (χ3v) is 3.62. The minimum atomic E-state index is -0.435. The number of aromatic nitrogens is 4. The van der Waals surface area contributed by atoms with Gasteiger partial charge in [0.1, 0.15) is 12.7 Å². The average molecular weight is 287 g/mol. The molecular formula is C14H17N5O2. The Hall–Kier alpha value is -2.28. The van der Waals surface area contributed by atoms with Crippen LogP contribution in [-0.4, -0.2) is 55.4 Å². The minimum Gasteiger partial charge on any atom is -0.391 e. The predicted octanol–water partition coefficient (Wildman–Crippen LogP) is 0.505. The van der Waals surface area contributed by atoms with E-state index in [2.05, 4.69) is 15.1 Å². The molecule has 3 rings (SSSR count). The Morgan fingerprint density at radius 2 is 2.38 bits per heavy atom. The Kier molecular flexibility index (Phi) is 3.66. The van der Waals surface area contributed by atoms with Gasteiger partial charge in [-0.05, 0) is 30.9 Å². The lowest BCUT2D eigenvalue weighted by Crippen LogP contribution is -2.35. The molecule has 1 atom stereocenters. The summed E-state index contributed by atoms with van der Waals surface area (Å²) in [6.45, 7) is 0.352. The molecule has 2 heterocycles. The second kappa shape index (κ2) is 5.61. The number of hydrogen-bond donors (Lipinski definition) is 1. The molecule has 21 heavy (non-hydrogen) atoms. The van der Waals surface area contributed by atoms with Gasteiger partial charge in [-0.25, -0.2) is 14.6 Å². The summed E-state index contributed by atoms with van der Waals surface area (Å²) in [4.78, 5) is 22.0. The van der Waals surface area contributed by atoms with Crippen molar-refractivity contribution in [1.29, 1.82) is 0 Å². The maximum absolute atomic E-state index is 12.4. The van der Waals surface area contributed by atoms with Crippen LogP contribution in [0.2, 0.25) is 0 Å². The van der Waals surface area contributed by atoms with Crippen molar-refractivity contribution in [1.82, 2.24) is 24.6 Å². The number of hydrogen-bond acceptors (Lipinski definition) is 5. The van der Waals surface area contributed by atoms with Crippen molar-refractivity contribution in [2.75, 3.05) is 13.6 Å². The molecule has 2 aromatic rings. The van der Waals surface area contributed by atoms with Crippen LogP contribution in [0.1, 0.15) is 23.2 Å². The maximum Gasteiger partial charge on any atom is 0.253 e. The van der Waals surface area contributed by atoms with Crippen molar-refractivity contribution in [3.63, 3.8) is 0 Å². The first-order valence-electron chi connectivity index (χ1n) is 6.90. The quantitative estimate of drug-likeness (QED) is 0.866. The largest absolute Gasteiger partial charge is 0.391 e. The third kappa shape index (κ3) is 3.08. The Labute approximate surface area is 122 Å². The van der Waals surface area contributed by atoms with Gasteiger partial charge >= 0.3 is 0 Å². The van der Waals surface area contributed by atoms with Gasteiger partial charge in [0.25, 0.3) is 5.91 Å². The van der Waals surface area contributed by atoms with Gasteiger partial charge in [-0.15, -0.1) is 0 Å². The van der Waals surface area contributed by atoms with Gasteiger partial charge in [0.05, 0.1) is 6.10 Å². The Morgan fingerprint density at radius 3 is 3.05 bits per heavy atom. The first-order valence-corrected chi connectivity index (χ1v) is 6.90. The van der Waals surface area contributed by atoms with Crippen LogP contribution in [0.5, 0.6) is 0 Å². The van der Waals surface area contributed by atoms with Crippen LogP contribution >= 0.6 is 0 Å². The summed E-state index contributed by atoms with van der Waals surface area (Å²) in [6.07, 6.45) is 6.17. The number of carbonyl (C=O) groups excluding carboxylic acids is 1. The molecule has 1 fully saturated rings. The molecule has 7 nitrogen and oxygen atoms in total. The summed E-state index contributed by atoms with van der Waals surface area (Å²) >= 11 is 0. The highest BCUT2D eigenvalue weighted by Crippen LogP contribution is 2.32. The highest BCUT2D eigenvalue weighted by atomic mass is 16.3. The van der Waals surface area contributed by atoms with Gasteiger partial charge in [-0.1, -0.05) is 0 Å². The van der Waals surface area contributed by atoms with Gasteiger partial charge in [0.2, 0.25) is 0 Å². The zero-order valence-corrected chi connectivity index (χ0v) is 11.8. The first-order chi connectivity index (χ1) is 10.1. The number of carbonyl (C=O) groups is 1. The fourth-order valence-electron chi connectivity index (χ4n) is 2.22. The zero-order chi connectivity index (χ0) is 14.8. The number of aliphatic hydroxyl groups is 1. The van der Waals surface area contributed by atoms with Gasteiger partial charge in [-0.3, -0.25) is 4.79 Å². The molecule has 1 saturated carbocycles. The van der Waals surface area contributed by atoms with Crippen molar-refractivity contribution in [3.8, 4) is 5.82 Å². The topological polar surface area (TPSA) is 84.1 Å². The van der Waals surface area contributed by atoms with Crippen molar-refractivity contribution >= 4 is 5.91 Å². The maximum atomic E-state index is 12.4. The zero-order valence-electron chi connectivity index (χ0n) is 11.8. The van der Waals surface area contributed by atoms with Gasteiger partial charge in [0.15, 0.2) is 5.82 Å². The molecule has 1 N–H and O–H groups in total.